The molecule has 0 spiro atoms. The molecule has 134 valence electrons. The van der Waals surface area contributed by atoms with Crippen LogP contribution in [0.2, 0.25) is 0 Å². The largest absolute Gasteiger partial charge is 0.288 e. The Bertz CT molecular complexity index is 641. The lowest BCUT2D eigenvalue weighted by Gasteiger charge is -2.28. The first-order chi connectivity index (χ1) is 12.2. The lowest BCUT2D eigenvalue weighted by molar-refractivity contribution is 0.252. The van der Waals surface area contributed by atoms with Gasteiger partial charge in [0.2, 0.25) is 0 Å². The molecular weight excluding hydrogens is 334 g/mol. The van der Waals surface area contributed by atoms with Crippen LogP contribution in [0, 0.1) is 5.92 Å². The number of thioether (sulfide) groups is 1. The quantitative estimate of drug-likeness (QED) is 0.475. The van der Waals surface area contributed by atoms with E-state index in [0.29, 0.717) is 22.6 Å². The Hall–Kier alpha value is -1.35. The minimum atomic E-state index is -2.36. The van der Waals surface area contributed by atoms with E-state index in [9.17, 15) is 8.78 Å². The lowest BCUT2D eigenvalue weighted by atomic mass is 9.77. The van der Waals surface area contributed by atoms with Crippen LogP contribution in [0.5, 0.6) is 0 Å². The molecule has 0 radical (unpaired) electrons. The highest BCUT2D eigenvalue weighted by Gasteiger charge is 2.21. The summed E-state index contributed by atoms with van der Waals surface area (Å²) < 4.78 is 24.8. The maximum atomic E-state index is 12.4. The Morgan fingerprint density at radius 2 is 1.44 bits per heavy atom. The van der Waals surface area contributed by atoms with Crippen molar-refractivity contribution in [3.63, 3.8) is 0 Å². The predicted octanol–water partition coefficient (Wildman–Crippen LogP) is 7.74. The highest BCUT2D eigenvalue weighted by atomic mass is 32.2. The van der Waals surface area contributed by atoms with E-state index in [1.807, 2.05) is 12.1 Å². The minimum Gasteiger partial charge on any atom is -0.198 e. The molecule has 0 aromatic heterocycles. The number of rotatable bonds is 6. The molecule has 25 heavy (non-hydrogen) atoms. The summed E-state index contributed by atoms with van der Waals surface area (Å²) in [5.74, 6) is -0.727. The fraction of sp³-hybridized carbons (Fsp3) is 0.455. The Kier molecular flexibility index (Phi) is 6.52. The molecule has 0 heterocycles. The predicted molar refractivity (Wildman–Crippen MR) is 103 cm³/mol. The first kappa shape index (κ1) is 18.4. The van der Waals surface area contributed by atoms with Crippen molar-refractivity contribution in [2.24, 2.45) is 5.92 Å². The zero-order valence-corrected chi connectivity index (χ0v) is 15.6. The van der Waals surface area contributed by atoms with Crippen LogP contribution in [-0.4, -0.2) is 5.76 Å². The summed E-state index contributed by atoms with van der Waals surface area (Å²) in [4.78, 5) is 0.610. The monoisotopic (exact) mass is 360 g/mol. The van der Waals surface area contributed by atoms with Crippen LogP contribution in [0.1, 0.15) is 56.9 Å². The van der Waals surface area contributed by atoms with Crippen LogP contribution in [0.15, 0.2) is 53.4 Å². The third kappa shape index (κ3) is 5.07. The number of benzene rings is 2. The Morgan fingerprint density at radius 1 is 0.880 bits per heavy atom. The number of hydrogen-bond acceptors (Lipinski definition) is 1. The van der Waals surface area contributed by atoms with Gasteiger partial charge in [0.05, 0.1) is 0 Å². The minimum absolute atomic E-state index is 0.594. The lowest BCUT2D eigenvalue weighted by Crippen LogP contribution is -2.13. The number of alkyl halides is 2. The van der Waals surface area contributed by atoms with Crippen LogP contribution in [0.3, 0.4) is 0 Å². The highest BCUT2D eigenvalue weighted by molar-refractivity contribution is 7.99. The van der Waals surface area contributed by atoms with Gasteiger partial charge in [-0.25, -0.2) is 0 Å². The maximum Gasteiger partial charge on any atom is 0.288 e. The van der Waals surface area contributed by atoms with Gasteiger partial charge in [-0.05, 0) is 66.3 Å². The first-order valence-electron chi connectivity index (χ1n) is 9.31. The van der Waals surface area contributed by atoms with Crippen molar-refractivity contribution in [1.29, 1.82) is 0 Å². The van der Waals surface area contributed by atoms with E-state index >= 15 is 0 Å². The molecule has 3 rings (SSSR count). The van der Waals surface area contributed by atoms with Gasteiger partial charge in [-0.2, -0.15) is 8.78 Å². The van der Waals surface area contributed by atoms with E-state index in [-0.39, 0.29) is 0 Å². The van der Waals surface area contributed by atoms with E-state index < -0.39 is 5.76 Å². The van der Waals surface area contributed by atoms with E-state index in [2.05, 4.69) is 31.2 Å². The van der Waals surface area contributed by atoms with Crippen molar-refractivity contribution in [3.05, 3.63) is 54.1 Å². The second kappa shape index (κ2) is 8.84. The summed E-state index contributed by atoms with van der Waals surface area (Å²) in [6, 6.07) is 16.2. The van der Waals surface area contributed by atoms with Crippen molar-refractivity contribution in [2.45, 2.75) is 62.0 Å². The molecule has 1 aliphatic rings. The molecule has 0 bridgehead atoms. The zero-order valence-electron chi connectivity index (χ0n) is 14.8. The third-order valence-corrected chi connectivity index (χ3v) is 6.06. The molecular formula is C22H26F2S. The van der Waals surface area contributed by atoms with Gasteiger partial charge >= 0.3 is 0 Å². The van der Waals surface area contributed by atoms with Crippen LogP contribution in [-0.2, 0) is 0 Å². The van der Waals surface area contributed by atoms with Gasteiger partial charge in [-0.15, -0.1) is 0 Å². The van der Waals surface area contributed by atoms with Gasteiger partial charge in [0.1, 0.15) is 0 Å². The fourth-order valence-corrected chi connectivity index (χ4v) is 4.47. The van der Waals surface area contributed by atoms with Crippen molar-refractivity contribution < 1.29 is 8.78 Å². The van der Waals surface area contributed by atoms with E-state index in [4.69, 9.17) is 0 Å². The second-order valence-electron chi connectivity index (χ2n) is 7.03. The molecule has 1 saturated carbocycles. The summed E-state index contributed by atoms with van der Waals surface area (Å²) in [6.45, 7) is 2.28. The molecule has 0 nitrogen and oxygen atoms in total. The first-order valence-corrected chi connectivity index (χ1v) is 10.2. The molecule has 0 atom stereocenters. The summed E-state index contributed by atoms with van der Waals surface area (Å²) in [5, 5.41) is 0. The molecule has 0 amide bonds. The fourth-order valence-electron chi connectivity index (χ4n) is 3.97. The molecule has 1 aliphatic carbocycles. The van der Waals surface area contributed by atoms with Crippen LogP contribution in [0.25, 0.3) is 11.1 Å². The molecule has 0 saturated heterocycles. The van der Waals surface area contributed by atoms with Crippen molar-refractivity contribution >= 4 is 11.8 Å². The van der Waals surface area contributed by atoms with Gasteiger partial charge in [-0.3, -0.25) is 0 Å². The Labute approximate surface area is 154 Å². The topological polar surface area (TPSA) is 0 Å². The molecule has 0 aliphatic heterocycles. The smallest absolute Gasteiger partial charge is 0.198 e. The molecule has 3 heteroatoms. The maximum absolute atomic E-state index is 12.4. The van der Waals surface area contributed by atoms with Crippen molar-refractivity contribution in [2.75, 3.05) is 0 Å². The molecule has 1 fully saturated rings. The zero-order chi connectivity index (χ0) is 17.6. The number of halogens is 2. The van der Waals surface area contributed by atoms with Crippen molar-refractivity contribution in [3.8, 4) is 11.1 Å². The van der Waals surface area contributed by atoms with Crippen LogP contribution in [0.4, 0.5) is 8.78 Å². The molecule has 0 unspecified atom stereocenters. The summed E-state index contributed by atoms with van der Waals surface area (Å²) >= 11 is 0.594. The van der Waals surface area contributed by atoms with Gasteiger partial charge in [0, 0.05) is 4.90 Å². The second-order valence-corrected chi connectivity index (χ2v) is 8.09. The van der Waals surface area contributed by atoms with Gasteiger partial charge in [0.25, 0.3) is 5.76 Å². The Morgan fingerprint density at radius 3 is 1.96 bits per heavy atom. The van der Waals surface area contributed by atoms with E-state index in [1.165, 1.54) is 44.1 Å². The molecule has 2 aromatic rings. The van der Waals surface area contributed by atoms with E-state index in [0.717, 1.165) is 17.0 Å². The highest BCUT2D eigenvalue weighted by Crippen LogP contribution is 2.38. The average molecular weight is 361 g/mol. The summed E-state index contributed by atoms with van der Waals surface area (Å²) in [5.41, 5.74) is 3.68. The molecule has 2 aromatic carbocycles. The molecule has 0 N–H and O–H groups in total. The summed E-state index contributed by atoms with van der Waals surface area (Å²) in [6.07, 6.45) is 8.03. The van der Waals surface area contributed by atoms with Crippen LogP contribution >= 0.6 is 11.8 Å². The third-order valence-electron chi connectivity index (χ3n) is 5.34. The average Bonchev–Trinajstić information content (AvgIpc) is 2.63. The van der Waals surface area contributed by atoms with E-state index in [1.54, 1.807) is 12.1 Å². The van der Waals surface area contributed by atoms with Crippen molar-refractivity contribution in [1.82, 2.24) is 0 Å². The van der Waals surface area contributed by atoms with Crippen LogP contribution < -0.4 is 0 Å². The normalized spacial score (nSPS) is 20.8. The SMILES string of the molecule is CCCC1CCC(c2ccc(-c3ccc(SC(F)F)cc3)cc2)CC1. The standard InChI is InChI=1S/C22H26F2S/c1-2-3-16-4-6-17(7-5-16)18-8-10-19(11-9-18)20-12-14-21(15-13-20)25-22(23)24/h8-17,22H,2-7H2,1H3. The van der Waals surface area contributed by atoms with Gasteiger partial charge in [-0.1, -0.05) is 67.9 Å². The van der Waals surface area contributed by atoms with Gasteiger partial charge in [0.15, 0.2) is 0 Å². The number of hydrogen-bond donors (Lipinski definition) is 0. The summed E-state index contributed by atoms with van der Waals surface area (Å²) in [7, 11) is 0. The Balaban J connectivity index is 1.62. The van der Waals surface area contributed by atoms with Gasteiger partial charge < -0.3 is 0 Å².